The van der Waals surface area contributed by atoms with E-state index in [-0.39, 0.29) is 5.82 Å². The van der Waals surface area contributed by atoms with Crippen LogP contribution in [0.3, 0.4) is 0 Å². The average molecular weight is 250 g/mol. The van der Waals surface area contributed by atoms with Gasteiger partial charge in [0.05, 0.1) is 5.69 Å². The number of benzene rings is 1. The molecule has 0 saturated carbocycles. The fourth-order valence-electron chi connectivity index (χ4n) is 2.62. The molecular formula is C15H23FN2. The minimum Gasteiger partial charge on any atom is -0.368 e. The molecule has 1 fully saturated rings. The van der Waals surface area contributed by atoms with E-state index in [9.17, 15) is 4.39 Å². The molecule has 0 spiro atoms. The highest BCUT2D eigenvalue weighted by Crippen LogP contribution is 2.22. The number of rotatable bonds is 3. The molecule has 2 nitrogen and oxygen atoms in total. The topological polar surface area (TPSA) is 15.3 Å². The fourth-order valence-corrected chi connectivity index (χ4v) is 2.62. The van der Waals surface area contributed by atoms with Crippen molar-refractivity contribution in [3.63, 3.8) is 0 Å². The van der Waals surface area contributed by atoms with Crippen LogP contribution in [0, 0.1) is 12.7 Å². The first-order valence-corrected chi connectivity index (χ1v) is 6.95. The van der Waals surface area contributed by atoms with E-state index in [0.29, 0.717) is 6.04 Å². The van der Waals surface area contributed by atoms with Crippen molar-refractivity contribution in [2.75, 3.05) is 24.5 Å². The van der Waals surface area contributed by atoms with E-state index in [1.54, 1.807) is 6.07 Å². The summed E-state index contributed by atoms with van der Waals surface area (Å²) in [5.74, 6) is -0.0993. The molecule has 1 saturated heterocycles. The summed E-state index contributed by atoms with van der Waals surface area (Å²) in [6.45, 7) is 7.10. The lowest BCUT2D eigenvalue weighted by molar-refractivity contribution is 0.500. The van der Waals surface area contributed by atoms with E-state index in [0.717, 1.165) is 43.7 Å². The number of anilines is 1. The summed E-state index contributed by atoms with van der Waals surface area (Å²) >= 11 is 0. The summed E-state index contributed by atoms with van der Waals surface area (Å²) in [5, 5.41) is 3.55. The summed E-state index contributed by atoms with van der Waals surface area (Å²) in [6, 6.07) is 5.86. The van der Waals surface area contributed by atoms with Crippen LogP contribution in [0.5, 0.6) is 0 Å². The monoisotopic (exact) mass is 250 g/mol. The van der Waals surface area contributed by atoms with Crippen LogP contribution >= 0.6 is 0 Å². The number of nitrogens with zero attached hydrogens (tertiary/aromatic N) is 1. The van der Waals surface area contributed by atoms with Gasteiger partial charge in [-0.15, -0.1) is 0 Å². The Morgan fingerprint density at radius 1 is 1.44 bits per heavy atom. The lowest BCUT2D eigenvalue weighted by atomic mass is 10.1. The zero-order valence-corrected chi connectivity index (χ0v) is 11.4. The second-order valence-corrected chi connectivity index (χ2v) is 5.19. The fraction of sp³-hybridized carbons (Fsp3) is 0.600. The highest BCUT2D eigenvalue weighted by molar-refractivity contribution is 5.50. The lowest BCUT2D eigenvalue weighted by Gasteiger charge is -2.27. The molecular weight excluding hydrogens is 227 g/mol. The van der Waals surface area contributed by atoms with E-state index >= 15 is 0 Å². The van der Waals surface area contributed by atoms with Gasteiger partial charge >= 0.3 is 0 Å². The van der Waals surface area contributed by atoms with Gasteiger partial charge in [0.1, 0.15) is 5.82 Å². The quantitative estimate of drug-likeness (QED) is 0.886. The summed E-state index contributed by atoms with van der Waals surface area (Å²) in [6.07, 6.45) is 3.40. The average Bonchev–Trinajstić information content (AvgIpc) is 2.58. The second kappa shape index (κ2) is 6.19. The first kappa shape index (κ1) is 13.3. The van der Waals surface area contributed by atoms with Crippen molar-refractivity contribution < 1.29 is 4.39 Å². The van der Waals surface area contributed by atoms with Crippen LogP contribution in [0.1, 0.15) is 31.7 Å². The minimum absolute atomic E-state index is 0.0993. The van der Waals surface area contributed by atoms with Crippen molar-refractivity contribution in [2.45, 2.75) is 39.2 Å². The van der Waals surface area contributed by atoms with Gasteiger partial charge in [0.15, 0.2) is 0 Å². The van der Waals surface area contributed by atoms with Gasteiger partial charge in [0.2, 0.25) is 0 Å². The van der Waals surface area contributed by atoms with Crippen LogP contribution in [0.4, 0.5) is 10.1 Å². The van der Waals surface area contributed by atoms with E-state index < -0.39 is 0 Å². The van der Waals surface area contributed by atoms with Crippen LogP contribution in [0.2, 0.25) is 0 Å². The van der Waals surface area contributed by atoms with Crippen molar-refractivity contribution in [3.05, 3.63) is 29.6 Å². The SMILES string of the molecule is CCCC1CN(c2cc(C)ccc2F)CCCN1. The Bertz CT molecular complexity index is 392. The van der Waals surface area contributed by atoms with Crippen LogP contribution < -0.4 is 10.2 Å². The first-order chi connectivity index (χ1) is 8.70. The van der Waals surface area contributed by atoms with E-state index in [1.807, 2.05) is 19.1 Å². The maximum Gasteiger partial charge on any atom is 0.146 e. The third-order valence-electron chi connectivity index (χ3n) is 3.56. The Kier molecular flexibility index (Phi) is 4.59. The normalized spacial score (nSPS) is 20.8. The number of halogens is 1. The number of nitrogens with one attached hydrogen (secondary N) is 1. The highest BCUT2D eigenvalue weighted by Gasteiger charge is 2.19. The van der Waals surface area contributed by atoms with Gasteiger partial charge in [-0.05, 0) is 44.0 Å². The Balaban J connectivity index is 2.16. The number of hydrogen-bond acceptors (Lipinski definition) is 2. The molecule has 0 radical (unpaired) electrons. The van der Waals surface area contributed by atoms with Gasteiger partial charge in [-0.25, -0.2) is 4.39 Å². The zero-order chi connectivity index (χ0) is 13.0. The first-order valence-electron chi connectivity index (χ1n) is 6.95. The van der Waals surface area contributed by atoms with Crippen LogP contribution in [0.15, 0.2) is 18.2 Å². The molecule has 1 aromatic rings. The molecule has 1 unspecified atom stereocenters. The molecule has 1 aliphatic rings. The third kappa shape index (κ3) is 3.22. The molecule has 100 valence electrons. The molecule has 0 aromatic heterocycles. The summed E-state index contributed by atoms with van der Waals surface area (Å²) in [7, 11) is 0. The summed E-state index contributed by atoms with van der Waals surface area (Å²) in [5.41, 5.74) is 1.88. The van der Waals surface area contributed by atoms with E-state index in [4.69, 9.17) is 0 Å². The molecule has 1 heterocycles. The third-order valence-corrected chi connectivity index (χ3v) is 3.56. The molecule has 18 heavy (non-hydrogen) atoms. The molecule has 1 aromatic carbocycles. The largest absolute Gasteiger partial charge is 0.368 e. The van der Waals surface area contributed by atoms with Crippen molar-refractivity contribution >= 4 is 5.69 Å². The Morgan fingerprint density at radius 2 is 2.28 bits per heavy atom. The maximum absolute atomic E-state index is 13.9. The van der Waals surface area contributed by atoms with E-state index in [2.05, 4.69) is 17.1 Å². The summed E-state index contributed by atoms with van der Waals surface area (Å²) < 4.78 is 13.9. The van der Waals surface area contributed by atoms with E-state index in [1.165, 1.54) is 6.42 Å². The van der Waals surface area contributed by atoms with Gasteiger partial charge < -0.3 is 10.2 Å². The van der Waals surface area contributed by atoms with Crippen molar-refractivity contribution in [1.29, 1.82) is 0 Å². The van der Waals surface area contributed by atoms with Crippen molar-refractivity contribution in [3.8, 4) is 0 Å². The van der Waals surface area contributed by atoms with Crippen LogP contribution in [0.25, 0.3) is 0 Å². The van der Waals surface area contributed by atoms with Crippen LogP contribution in [-0.2, 0) is 0 Å². The lowest BCUT2D eigenvalue weighted by Crippen LogP contribution is -2.37. The molecule has 1 N–H and O–H groups in total. The molecule has 3 heteroatoms. The maximum atomic E-state index is 13.9. The van der Waals surface area contributed by atoms with Gasteiger partial charge in [-0.2, -0.15) is 0 Å². The summed E-state index contributed by atoms with van der Waals surface area (Å²) in [4.78, 5) is 2.20. The predicted molar refractivity (Wildman–Crippen MR) is 74.7 cm³/mol. The Hall–Kier alpha value is -1.09. The molecule has 0 amide bonds. The van der Waals surface area contributed by atoms with Crippen molar-refractivity contribution in [1.82, 2.24) is 5.32 Å². The Labute approximate surface area is 109 Å². The van der Waals surface area contributed by atoms with Gasteiger partial charge in [0, 0.05) is 19.1 Å². The second-order valence-electron chi connectivity index (χ2n) is 5.19. The van der Waals surface area contributed by atoms with Gasteiger partial charge in [0.25, 0.3) is 0 Å². The zero-order valence-electron chi connectivity index (χ0n) is 11.4. The van der Waals surface area contributed by atoms with Gasteiger partial charge in [-0.1, -0.05) is 19.4 Å². The predicted octanol–water partition coefficient (Wildman–Crippen LogP) is 3.10. The molecule has 2 rings (SSSR count). The molecule has 1 atom stereocenters. The molecule has 0 bridgehead atoms. The smallest absolute Gasteiger partial charge is 0.146 e. The highest BCUT2D eigenvalue weighted by atomic mass is 19.1. The van der Waals surface area contributed by atoms with Gasteiger partial charge in [-0.3, -0.25) is 0 Å². The number of hydrogen-bond donors (Lipinski definition) is 1. The molecule has 1 aliphatic heterocycles. The standard InChI is InChI=1S/C15H23FN2/c1-3-5-13-11-18(9-4-8-17-13)15-10-12(2)6-7-14(15)16/h6-7,10,13,17H,3-5,8-9,11H2,1-2H3. The minimum atomic E-state index is -0.0993. The van der Waals surface area contributed by atoms with Crippen molar-refractivity contribution in [2.24, 2.45) is 0 Å². The Morgan fingerprint density at radius 3 is 3.06 bits per heavy atom. The van der Waals surface area contributed by atoms with Crippen LogP contribution in [-0.4, -0.2) is 25.7 Å². The molecule has 0 aliphatic carbocycles. The number of aryl methyl sites for hydroxylation is 1.